The van der Waals surface area contributed by atoms with Crippen LogP contribution in [0.2, 0.25) is 0 Å². The van der Waals surface area contributed by atoms with Gasteiger partial charge >= 0.3 is 0 Å². The van der Waals surface area contributed by atoms with Crippen LogP contribution in [0.4, 0.5) is 0 Å². The number of rotatable bonds is 6. The number of carbonyl (C=O) groups excluding carboxylic acids is 1. The summed E-state index contributed by atoms with van der Waals surface area (Å²) >= 11 is 3.31. The van der Waals surface area contributed by atoms with E-state index >= 15 is 0 Å². The van der Waals surface area contributed by atoms with Crippen molar-refractivity contribution in [1.29, 1.82) is 0 Å². The molecule has 1 N–H and O–H groups in total. The third-order valence-electron chi connectivity index (χ3n) is 2.12. The number of hydrogen-bond donors (Lipinski definition) is 1. The zero-order valence-electron chi connectivity index (χ0n) is 9.66. The molecule has 88 valence electrons. The van der Waals surface area contributed by atoms with Crippen LogP contribution < -0.4 is 5.32 Å². The van der Waals surface area contributed by atoms with Gasteiger partial charge in [0.2, 0.25) is 0 Å². The molecule has 0 aromatic carbocycles. The second kappa shape index (κ2) is 6.76. The Balaban J connectivity index is 2.31. The monoisotopic (exact) mass is 284 g/mol. The van der Waals surface area contributed by atoms with E-state index in [1.54, 1.807) is 6.20 Å². The van der Waals surface area contributed by atoms with E-state index in [2.05, 4.69) is 40.1 Å². The van der Waals surface area contributed by atoms with Crippen molar-refractivity contribution in [1.82, 2.24) is 10.3 Å². The Morgan fingerprint density at radius 3 is 2.81 bits per heavy atom. The molecule has 0 unspecified atom stereocenters. The van der Waals surface area contributed by atoms with Crippen LogP contribution in [0.1, 0.15) is 26.0 Å². The van der Waals surface area contributed by atoms with Gasteiger partial charge in [0, 0.05) is 41.8 Å². The lowest BCUT2D eigenvalue weighted by Gasteiger charge is -2.06. The summed E-state index contributed by atoms with van der Waals surface area (Å²) in [4.78, 5) is 15.8. The molecule has 0 aliphatic carbocycles. The predicted octanol–water partition coefficient (Wildman–Crippen LogP) is 2.34. The molecule has 0 saturated heterocycles. The van der Waals surface area contributed by atoms with Crippen molar-refractivity contribution in [3.05, 3.63) is 28.5 Å². The van der Waals surface area contributed by atoms with E-state index in [-0.39, 0.29) is 5.78 Å². The summed E-state index contributed by atoms with van der Waals surface area (Å²) in [6, 6.07) is 4.21. The number of ketones is 1. The molecule has 4 heteroatoms. The molecule has 0 bridgehead atoms. The molecule has 0 spiro atoms. The summed E-state index contributed by atoms with van der Waals surface area (Å²) in [6.45, 7) is 4.88. The molecule has 1 aromatic heterocycles. The van der Waals surface area contributed by atoms with Gasteiger partial charge in [-0.3, -0.25) is 9.78 Å². The van der Waals surface area contributed by atoms with Crippen molar-refractivity contribution in [3.63, 3.8) is 0 Å². The van der Waals surface area contributed by atoms with E-state index < -0.39 is 0 Å². The summed E-state index contributed by atoms with van der Waals surface area (Å²) in [5.41, 5.74) is 0.831. The molecule has 0 amide bonds. The van der Waals surface area contributed by atoms with Crippen LogP contribution in [0.3, 0.4) is 0 Å². The van der Waals surface area contributed by atoms with Crippen molar-refractivity contribution < 1.29 is 4.79 Å². The smallest absolute Gasteiger partial charge is 0.140 e. The van der Waals surface area contributed by atoms with Crippen LogP contribution >= 0.6 is 15.9 Å². The van der Waals surface area contributed by atoms with E-state index in [1.165, 1.54) is 0 Å². The van der Waals surface area contributed by atoms with Crippen molar-refractivity contribution in [2.24, 2.45) is 0 Å². The van der Waals surface area contributed by atoms with E-state index in [9.17, 15) is 4.79 Å². The van der Waals surface area contributed by atoms with E-state index in [0.29, 0.717) is 18.9 Å². The van der Waals surface area contributed by atoms with Crippen LogP contribution in [0.5, 0.6) is 0 Å². The second-order valence-electron chi connectivity index (χ2n) is 4.04. The van der Waals surface area contributed by atoms with Gasteiger partial charge in [-0.25, -0.2) is 0 Å². The number of pyridine rings is 1. The van der Waals surface area contributed by atoms with Crippen molar-refractivity contribution in [3.8, 4) is 0 Å². The first kappa shape index (κ1) is 13.3. The molecule has 16 heavy (non-hydrogen) atoms. The highest BCUT2D eigenvalue weighted by atomic mass is 79.9. The zero-order valence-corrected chi connectivity index (χ0v) is 11.3. The maximum Gasteiger partial charge on any atom is 0.140 e. The number of carbonyl (C=O) groups is 1. The number of aromatic nitrogens is 1. The number of nitrogens with zero attached hydrogens (tertiary/aromatic N) is 1. The fourth-order valence-electron chi connectivity index (χ4n) is 1.30. The molecule has 1 heterocycles. The average Bonchev–Trinajstić information content (AvgIpc) is 2.21. The lowest BCUT2D eigenvalue weighted by molar-refractivity contribution is -0.118. The molecule has 0 saturated carbocycles. The van der Waals surface area contributed by atoms with Gasteiger partial charge in [-0.1, -0.05) is 13.8 Å². The summed E-state index contributed by atoms with van der Waals surface area (Å²) < 4.78 is 0.935. The Hall–Kier alpha value is -0.740. The minimum atomic E-state index is 0.225. The van der Waals surface area contributed by atoms with Gasteiger partial charge in [-0.2, -0.15) is 0 Å². The third-order valence-corrected chi connectivity index (χ3v) is 2.59. The number of Topliss-reactive ketones (excluding diaryl/α,β-unsaturated/α-hetero) is 1. The Kier molecular flexibility index (Phi) is 5.63. The molecule has 1 aromatic rings. The van der Waals surface area contributed by atoms with Gasteiger partial charge in [0.05, 0.1) is 0 Å². The third kappa shape index (κ3) is 5.37. The van der Waals surface area contributed by atoms with Crippen LogP contribution in [0.25, 0.3) is 0 Å². The van der Waals surface area contributed by atoms with E-state index in [1.807, 2.05) is 12.1 Å². The lowest BCUT2D eigenvalue weighted by atomic mass is 10.1. The number of halogens is 1. The SMILES string of the molecule is CC(C)NCCC(=O)Cc1ccc(Br)cn1. The Morgan fingerprint density at radius 1 is 1.50 bits per heavy atom. The maximum absolute atomic E-state index is 11.6. The molecule has 1 rings (SSSR count). The van der Waals surface area contributed by atoms with Crippen LogP contribution in [-0.4, -0.2) is 23.4 Å². The first-order valence-electron chi connectivity index (χ1n) is 5.43. The standard InChI is InChI=1S/C12H17BrN2O/c1-9(2)14-6-5-12(16)7-11-4-3-10(13)8-15-11/h3-4,8-9,14H,5-7H2,1-2H3. The number of hydrogen-bond acceptors (Lipinski definition) is 3. The predicted molar refractivity (Wildman–Crippen MR) is 68.4 cm³/mol. The van der Waals surface area contributed by atoms with E-state index in [0.717, 1.165) is 16.7 Å². The summed E-state index contributed by atoms with van der Waals surface area (Å²) in [7, 11) is 0. The largest absolute Gasteiger partial charge is 0.314 e. The number of nitrogens with one attached hydrogen (secondary N) is 1. The average molecular weight is 285 g/mol. The minimum absolute atomic E-state index is 0.225. The van der Waals surface area contributed by atoms with Crippen LogP contribution in [-0.2, 0) is 11.2 Å². The van der Waals surface area contributed by atoms with E-state index in [4.69, 9.17) is 0 Å². The normalized spacial score (nSPS) is 10.8. The fraction of sp³-hybridized carbons (Fsp3) is 0.500. The minimum Gasteiger partial charge on any atom is -0.314 e. The highest BCUT2D eigenvalue weighted by molar-refractivity contribution is 9.10. The molecule has 3 nitrogen and oxygen atoms in total. The van der Waals surface area contributed by atoms with Crippen molar-refractivity contribution in [2.45, 2.75) is 32.7 Å². The fourth-order valence-corrected chi connectivity index (χ4v) is 1.54. The zero-order chi connectivity index (χ0) is 12.0. The van der Waals surface area contributed by atoms with Gasteiger partial charge in [0.1, 0.15) is 5.78 Å². The highest BCUT2D eigenvalue weighted by Gasteiger charge is 2.04. The van der Waals surface area contributed by atoms with Crippen molar-refractivity contribution in [2.75, 3.05) is 6.54 Å². The van der Waals surface area contributed by atoms with Gasteiger partial charge in [0.25, 0.3) is 0 Å². The first-order chi connectivity index (χ1) is 7.58. The quantitative estimate of drug-likeness (QED) is 0.872. The molecule has 0 fully saturated rings. The molecule has 0 atom stereocenters. The maximum atomic E-state index is 11.6. The summed E-state index contributed by atoms with van der Waals surface area (Å²) in [5, 5.41) is 3.22. The summed E-state index contributed by atoms with van der Waals surface area (Å²) in [6.07, 6.45) is 2.71. The Morgan fingerprint density at radius 2 is 2.25 bits per heavy atom. The second-order valence-corrected chi connectivity index (χ2v) is 4.96. The first-order valence-corrected chi connectivity index (χ1v) is 6.22. The van der Waals surface area contributed by atoms with Crippen LogP contribution in [0.15, 0.2) is 22.8 Å². The molecule has 0 radical (unpaired) electrons. The van der Waals surface area contributed by atoms with Gasteiger partial charge in [-0.05, 0) is 28.1 Å². The Bertz CT molecular complexity index is 335. The molecule has 0 aliphatic heterocycles. The molecule has 0 aliphatic rings. The molecular weight excluding hydrogens is 268 g/mol. The molecular formula is C12H17BrN2O. The van der Waals surface area contributed by atoms with Gasteiger partial charge < -0.3 is 5.32 Å². The summed E-state index contributed by atoms with van der Waals surface area (Å²) in [5.74, 6) is 0.225. The van der Waals surface area contributed by atoms with Crippen LogP contribution in [0, 0.1) is 0 Å². The Labute approximate surface area is 105 Å². The topological polar surface area (TPSA) is 42.0 Å². The van der Waals surface area contributed by atoms with Gasteiger partial charge in [0.15, 0.2) is 0 Å². The van der Waals surface area contributed by atoms with Gasteiger partial charge in [-0.15, -0.1) is 0 Å². The lowest BCUT2D eigenvalue weighted by Crippen LogP contribution is -2.25. The highest BCUT2D eigenvalue weighted by Crippen LogP contribution is 2.08. The van der Waals surface area contributed by atoms with Crippen molar-refractivity contribution >= 4 is 21.7 Å².